The molecule has 0 aliphatic carbocycles. The van der Waals surface area contributed by atoms with Crippen LogP contribution < -0.4 is 11.1 Å². The molecule has 0 saturated carbocycles. The number of halogens is 1. The fourth-order valence-electron chi connectivity index (χ4n) is 1.60. The number of aromatic nitrogens is 1. The summed E-state index contributed by atoms with van der Waals surface area (Å²) in [5.41, 5.74) is 7.82. The molecule has 1 amide bonds. The average Bonchev–Trinajstić information content (AvgIpc) is 2.42. The van der Waals surface area contributed by atoms with Crippen molar-refractivity contribution in [2.24, 2.45) is 0 Å². The van der Waals surface area contributed by atoms with Gasteiger partial charge in [-0.2, -0.15) is 0 Å². The number of hydrogen-bond donors (Lipinski definition) is 2. The Morgan fingerprint density at radius 3 is 2.63 bits per heavy atom. The van der Waals surface area contributed by atoms with Gasteiger partial charge in [0.1, 0.15) is 5.82 Å². The van der Waals surface area contributed by atoms with Crippen LogP contribution in [-0.2, 0) is 6.42 Å². The van der Waals surface area contributed by atoms with Crippen LogP contribution in [-0.4, -0.2) is 10.9 Å². The quantitative estimate of drug-likeness (QED) is 0.904. The number of rotatable bonds is 3. The molecule has 0 aliphatic rings. The fraction of sp³-hybridized carbons (Fsp3) is 0.143. The maximum absolute atomic E-state index is 12.0. The van der Waals surface area contributed by atoms with E-state index in [2.05, 4.69) is 17.2 Å². The molecule has 0 bridgehead atoms. The van der Waals surface area contributed by atoms with Crippen LogP contribution in [0.1, 0.15) is 22.8 Å². The molecule has 0 atom stereocenters. The number of carbonyl (C=O) groups is 1. The molecule has 4 nitrogen and oxygen atoms in total. The first-order chi connectivity index (χ1) is 9.10. The van der Waals surface area contributed by atoms with Crippen molar-refractivity contribution in [2.75, 3.05) is 11.1 Å². The molecule has 1 aromatic carbocycles. The highest BCUT2D eigenvalue weighted by Crippen LogP contribution is 2.18. The summed E-state index contributed by atoms with van der Waals surface area (Å²) in [6.45, 7) is 2.08. The summed E-state index contributed by atoms with van der Waals surface area (Å²) in [4.78, 5) is 15.8. The van der Waals surface area contributed by atoms with Crippen LogP contribution in [0.2, 0.25) is 5.02 Å². The minimum absolute atomic E-state index is 0.213. The highest BCUT2D eigenvalue weighted by Gasteiger charge is 2.08. The second-order valence-corrected chi connectivity index (χ2v) is 4.50. The summed E-state index contributed by atoms with van der Waals surface area (Å²) in [7, 11) is 0. The standard InChI is InChI=1S/C14H14ClN3O/c1-2-9-3-5-11(6-4-9)18-14(19)10-7-12(15)13(16)17-8-10/h3-8H,2H2,1H3,(H2,16,17)(H,18,19). The smallest absolute Gasteiger partial charge is 0.257 e. The van der Waals surface area contributed by atoms with Crippen LogP contribution in [0.3, 0.4) is 0 Å². The Bertz CT molecular complexity index is 596. The van der Waals surface area contributed by atoms with E-state index in [1.807, 2.05) is 24.3 Å². The van der Waals surface area contributed by atoms with Crippen molar-refractivity contribution in [1.82, 2.24) is 4.98 Å². The van der Waals surface area contributed by atoms with Gasteiger partial charge in [-0.25, -0.2) is 4.98 Å². The molecular weight excluding hydrogens is 262 g/mol. The number of nitrogen functional groups attached to an aromatic ring is 1. The van der Waals surface area contributed by atoms with Gasteiger partial charge in [0, 0.05) is 11.9 Å². The van der Waals surface area contributed by atoms with Gasteiger partial charge >= 0.3 is 0 Å². The van der Waals surface area contributed by atoms with Crippen LogP contribution in [0.4, 0.5) is 11.5 Å². The van der Waals surface area contributed by atoms with Gasteiger partial charge in [-0.3, -0.25) is 4.79 Å². The predicted octanol–water partition coefficient (Wildman–Crippen LogP) is 3.13. The Labute approximate surface area is 116 Å². The minimum Gasteiger partial charge on any atom is -0.382 e. The van der Waals surface area contributed by atoms with E-state index in [4.69, 9.17) is 17.3 Å². The van der Waals surface area contributed by atoms with Crippen LogP contribution in [0, 0.1) is 0 Å². The lowest BCUT2D eigenvalue weighted by Crippen LogP contribution is -2.12. The van der Waals surface area contributed by atoms with E-state index in [0.29, 0.717) is 5.56 Å². The predicted molar refractivity (Wildman–Crippen MR) is 77.4 cm³/mol. The monoisotopic (exact) mass is 275 g/mol. The number of nitrogens with zero attached hydrogens (tertiary/aromatic N) is 1. The molecular formula is C14H14ClN3O. The maximum atomic E-state index is 12.0. The van der Waals surface area contributed by atoms with Gasteiger partial charge in [-0.1, -0.05) is 30.7 Å². The van der Waals surface area contributed by atoms with Gasteiger partial charge in [0.25, 0.3) is 5.91 Å². The SMILES string of the molecule is CCc1ccc(NC(=O)c2cnc(N)c(Cl)c2)cc1. The molecule has 0 saturated heterocycles. The van der Waals surface area contributed by atoms with Crippen molar-refractivity contribution in [3.05, 3.63) is 52.7 Å². The van der Waals surface area contributed by atoms with E-state index in [1.54, 1.807) is 0 Å². The molecule has 0 aliphatic heterocycles. The van der Waals surface area contributed by atoms with Crippen LogP contribution in [0.5, 0.6) is 0 Å². The number of carbonyl (C=O) groups excluding carboxylic acids is 1. The summed E-state index contributed by atoms with van der Waals surface area (Å²) >= 11 is 5.83. The lowest BCUT2D eigenvalue weighted by molar-refractivity contribution is 0.102. The second-order valence-electron chi connectivity index (χ2n) is 4.10. The van der Waals surface area contributed by atoms with Crippen LogP contribution >= 0.6 is 11.6 Å². The molecule has 19 heavy (non-hydrogen) atoms. The molecule has 2 aromatic rings. The molecule has 1 aromatic heterocycles. The Kier molecular flexibility index (Phi) is 4.02. The summed E-state index contributed by atoms with van der Waals surface area (Å²) in [5, 5.41) is 3.05. The van der Waals surface area contributed by atoms with Crippen LogP contribution in [0.15, 0.2) is 36.5 Å². The van der Waals surface area contributed by atoms with Gasteiger partial charge < -0.3 is 11.1 Å². The largest absolute Gasteiger partial charge is 0.382 e. The van der Waals surface area contributed by atoms with E-state index >= 15 is 0 Å². The van der Waals surface area contributed by atoms with Gasteiger partial charge in [-0.05, 0) is 30.2 Å². The van der Waals surface area contributed by atoms with Gasteiger partial charge in [0.2, 0.25) is 0 Å². The first kappa shape index (κ1) is 13.4. The average molecular weight is 276 g/mol. The Hall–Kier alpha value is -2.07. The number of pyridine rings is 1. The third-order valence-electron chi connectivity index (χ3n) is 2.75. The Morgan fingerprint density at radius 2 is 2.05 bits per heavy atom. The van der Waals surface area contributed by atoms with Gasteiger partial charge in [0.15, 0.2) is 0 Å². The molecule has 3 N–H and O–H groups in total. The molecule has 0 radical (unpaired) electrons. The zero-order valence-corrected chi connectivity index (χ0v) is 11.2. The van der Waals surface area contributed by atoms with Crippen molar-refractivity contribution in [3.8, 4) is 0 Å². The van der Waals surface area contributed by atoms with Gasteiger partial charge in [-0.15, -0.1) is 0 Å². The first-order valence-electron chi connectivity index (χ1n) is 5.91. The van der Waals surface area contributed by atoms with Crippen molar-refractivity contribution in [1.29, 1.82) is 0 Å². The number of nitrogens with two attached hydrogens (primary N) is 1. The molecule has 2 rings (SSSR count). The summed E-state index contributed by atoms with van der Waals surface area (Å²) in [6.07, 6.45) is 2.36. The third kappa shape index (κ3) is 3.23. The zero-order valence-electron chi connectivity index (χ0n) is 10.5. The van der Waals surface area contributed by atoms with Crippen molar-refractivity contribution in [2.45, 2.75) is 13.3 Å². The lowest BCUT2D eigenvalue weighted by Gasteiger charge is -2.06. The van der Waals surface area contributed by atoms with Gasteiger partial charge in [0.05, 0.1) is 10.6 Å². The summed E-state index contributed by atoms with van der Waals surface area (Å²) in [5.74, 6) is -0.0517. The van der Waals surface area contributed by atoms with Crippen molar-refractivity contribution in [3.63, 3.8) is 0 Å². The van der Waals surface area contributed by atoms with E-state index < -0.39 is 0 Å². The number of benzene rings is 1. The number of nitrogens with one attached hydrogen (secondary N) is 1. The molecule has 0 unspecified atom stereocenters. The number of amides is 1. The summed E-state index contributed by atoms with van der Waals surface area (Å²) < 4.78 is 0. The molecule has 0 spiro atoms. The molecule has 5 heteroatoms. The number of aryl methyl sites for hydroxylation is 1. The molecule has 0 fully saturated rings. The summed E-state index contributed by atoms with van der Waals surface area (Å²) in [6, 6.07) is 9.18. The van der Waals surface area contributed by atoms with E-state index in [1.165, 1.54) is 17.8 Å². The zero-order chi connectivity index (χ0) is 13.8. The maximum Gasteiger partial charge on any atom is 0.257 e. The fourth-order valence-corrected chi connectivity index (χ4v) is 1.77. The lowest BCUT2D eigenvalue weighted by atomic mass is 10.1. The number of hydrogen-bond acceptors (Lipinski definition) is 3. The topological polar surface area (TPSA) is 68.0 Å². The Morgan fingerprint density at radius 1 is 1.37 bits per heavy atom. The van der Waals surface area contributed by atoms with E-state index in [0.717, 1.165) is 12.1 Å². The first-order valence-corrected chi connectivity index (χ1v) is 6.29. The van der Waals surface area contributed by atoms with Crippen molar-refractivity contribution >= 4 is 29.0 Å². The second kappa shape index (κ2) is 5.71. The molecule has 1 heterocycles. The molecule has 98 valence electrons. The van der Waals surface area contributed by atoms with E-state index in [9.17, 15) is 4.79 Å². The number of anilines is 2. The minimum atomic E-state index is -0.265. The highest BCUT2D eigenvalue weighted by molar-refractivity contribution is 6.33. The highest BCUT2D eigenvalue weighted by atomic mass is 35.5. The Balaban J connectivity index is 2.13. The normalized spacial score (nSPS) is 10.2. The third-order valence-corrected chi connectivity index (χ3v) is 3.05. The van der Waals surface area contributed by atoms with Crippen molar-refractivity contribution < 1.29 is 4.79 Å². The van der Waals surface area contributed by atoms with E-state index in [-0.39, 0.29) is 16.7 Å². The van der Waals surface area contributed by atoms with Crippen LogP contribution in [0.25, 0.3) is 0 Å².